The summed E-state index contributed by atoms with van der Waals surface area (Å²) < 4.78 is 0. The molecule has 0 saturated carbocycles. The van der Waals surface area contributed by atoms with Crippen molar-refractivity contribution in [1.82, 2.24) is 15.0 Å². The molecule has 0 unspecified atom stereocenters. The highest BCUT2D eigenvalue weighted by atomic mass is 32.1. The van der Waals surface area contributed by atoms with Crippen LogP contribution in [0, 0.1) is 0 Å². The largest absolute Gasteiger partial charge is 0.328 e. The summed E-state index contributed by atoms with van der Waals surface area (Å²) in [6, 6.07) is 6.51. The average Bonchev–Trinajstić information content (AvgIpc) is 3.08. The van der Waals surface area contributed by atoms with E-state index in [-0.39, 0.29) is 17.9 Å². The van der Waals surface area contributed by atoms with Gasteiger partial charge in [-0.05, 0) is 30.7 Å². The Balaban J connectivity index is 1.53. The Hall–Kier alpha value is -3.33. The molecular weight excluding hydrogens is 354 g/mol. The third-order valence-electron chi connectivity index (χ3n) is 3.39. The predicted octanol–water partition coefficient (Wildman–Crippen LogP) is 2.05. The van der Waals surface area contributed by atoms with E-state index >= 15 is 0 Å². The molecule has 0 radical (unpaired) electrons. The second kappa shape index (κ2) is 8.17. The summed E-state index contributed by atoms with van der Waals surface area (Å²) in [5.41, 5.74) is 0.874. The minimum Gasteiger partial charge on any atom is -0.328 e. The molecule has 0 spiro atoms. The van der Waals surface area contributed by atoms with E-state index in [1.54, 1.807) is 36.0 Å². The van der Waals surface area contributed by atoms with Gasteiger partial charge in [-0.3, -0.25) is 24.7 Å². The summed E-state index contributed by atoms with van der Waals surface area (Å²) in [5, 5.41) is 7.47. The van der Waals surface area contributed by atoms with Crippen LogP contribution in [-0.2, 0) is 11.2 Å². The molecule has 0 aromatic carbocycles. The Morgan fingerprint density at radius 1 is 1.19 bits per heavy atom. The third kappa shape index (κ3) is 4.61. The van der Waals surface area contributed by atoms with Crippen LogP contribution < -0.4 is 16.2 Å². The van der Waals surface area contributed by atoms with Crippen molar-refractivity contribution in [2.75, 3.05) is 10.6 Å². The van der Waals surface area contributed by atoms with Crippen molar-refractivity contribution in [3.05, 3.63) is 69.8 Å². The van der Waals surface area contributed by atoms with Crippen molar-refractivity contribution in [1.29, 1.82) is 0 Å². The molecule has 9 heteroatoms. The molecule has 2 amide bonds. The number of amides is 2. The Morgan fingerprint density at radius 2 is 2.08 bits per heavy atom. The van der Waals surface area contributed by atoms with Crippen LogP contribution >= 0.6 is 11.3 Å². The van der Waals surface area contributed by atoms with E-state index < -0.39 is 11.5 Å². The van der Waals surface area contributed by atoms with Gasteiger partial charge < -0.3 is 10.3 Å². The molecule has 3 aromatic rings. The number of aryl methyl sites for hydroxylation is 1. The number of anilines is 2. The fourth-order valence-electron chi connectivity index (χ4n) is 2.15. The van der Waals surface area contributed by atoms with Crippen molar-refractivity contribution < 1.29 is 9.59 Å². The van der Waals surface area contributed by atoms with Crippen molar-refractivity contribution in [3.63, 3.8) is 0 Å². The standard InChI is InChI=1S/C17H15N5O3S/c23-14(20-11-3-1-7-18-9-11)6-5-12-10-26-17(21-12)22-16(25)13-4-2-8-19-15(13)24/h1-4,7-10H,5-6H2,(H,19,24)(H,20,23)(H,21,22,25). The molecule has 0 atom stereocenters. The van der Waals surface area contributed by atoms with Gasteiger partial charge in [0.15, 0.2) is 5.13 Å². The van der Waals surface area contributed by atoms with Gasteiger partial charge in [0.2, 0.25) is 5.91 Å². The van der Waals surface area contributed by atoms with Crippen LogP contribution in [0.3, 0.4) is 0 Å². The SMILES string of the molecule is O=C(CCc1csc(NC(=O)c2ccc[nH]c2=O)n1)Nc1cccnc1. The van der Waals surface area contributed by atoms with Gasteiger partial charge in [-0.15, -0.1) is 11.3 Å². The van der Waals surface area contributed by atoms with Crippen molar-refractivity contribution in [2.24, 2.45) is 0 Å². The Bertz CT molecular complexity index is 968. The predicted molar refractivity (Wildman–Crippen MR) is 98.3 cm³/mol. The number of aromatic nitrogens is 3. The fraction of sp³-hybridized carbons (Fsp3) is 0.118. The first-order chi connectivity index (χ1) is 12.6. The van der Waals surface area contributed by atoms with Crippen LogP contribution in [0.5, 0.6) is 0 Å². The average molecular weight is 369 g/mol. The van der Waals surface area contributed by atoms with E-state index in [2.05, 4.69) is 25.6 Å². The number of rotatable bonds is 6. The number of nitrogens with zero attached hydrogens (tertiary/aromatic N) is 2. The van der Waals surface area contributed by atoms with Crippen LogP contribution in [-0.4, -0.2) is 26.8 Å². The molecule has 3 aromatic heterocycles. The number of aromatic amines is 1. The summed E-state index contributed by atoms with van der Waals surface area (Å²) in [5.74, 6) is -0.672. The van der Waals surface area contributed by atoms with Gasteiger partial charge in [-0.2, -0.15) is 0 Å². The first-order valence-electron chi connectivity index (χ1n) is 7.75. The van der Waals surface area contributed by atoms with Crippen LogP contribution in [0.15, 0.2) is 53.0 Å². The summed E-state index contributed by atoms with van der Waals surface area (Å²) in [6.07, 6.45) is 5.34. The molecule has 0 fully saturated rings. The van der Waals surface area contributed by atoms with E-state index in [1.807, 2.05) is 0 Å². The lowest BCUT2D eigenvalue weighted by Gasteiger charge is -2.03. The fourth-order valence-corrected chi connectivity index (χ4v) is 2.89. The van der Waals surface area contributed by atoms with Crippen LogP contribution in [0.25, 0.3) is 0 Å². The van der Waals surface area contributed by atoms with Crippen molar-refractivity contribution >= 4 is 34.0 Å². The zero-order valence-corrected chi connectivity index (χ0v) is 14.4. The highest BCUT2D eigenvalue weighted by molar-refractivity contribution is 7.14. The van der Waals surface area contributed by atoms with Gasteiger partial charge in [0, 0.05) is 24.2 Å². The van der Waals surface area contributed by atoms with E-state index in [0.29, 0.717) is 22.9 Å². The zero-order chi connectivity index (χ0) is 18.4. The lowest BCUT2D eigenvalue weighted by molar-refractivity contribution is -0.116. The lowest BCUT2D eigenvalue weighted by atomic mass is 10.2. The number of hydrogen-bond acceptors (Lipinski definition) is 6. The normalized spacial score (nSPS) is 10.3. The molecule has 0 aliphatic heterocycles. The molecule has 0 aliphatic rings. The lowest BCUT2D eigenvalue weighted by Crippen LogP contribution is -2.22. The summed E-state index contributed by atoms with van der Waals surface area (Å²) >= 11 is 1.24. The molecular formula is C17H15N5O3S. The molecule has 3 heterocycles. The maximum atomic E-state index is 12.1. The summed E-state index contributed by atoms with van der Waals surface area (Å²) in [7, 11) is 0. The van der Waals surface area contributed by atoms with Gasteiger partial charge in [-0.1, -0.05) is 0 Å². The molecule has 0 aliphatic carbocycles. The minimum atomic E-state index is -0.526. The number of hydrogen-bond donors (Lipinski definition) is 3. The molecule has 8 nitrogen and oxygen atoms in total. The summed E-state index contributed by atoms with van der Waals surface area (Å²) in [6.45, 7) is 0. The van der Waals surface area contributed by atoms with Gasteiger partial charge >= 0.3 is 0 Å². The third-order valence-corrected chi connectivity index (χ3v) is 4.20. The van der Waals surface area contributed by atoms with Gasteiger partial charge in [-0.25, -0.2) is 4.98 Å². The maximum absolute atomic E-state index is 12.1. The minimum absolute atomic E-state index is 0.0140. The number of pyridine rings is 2. The van der Waals surface area contributed by atoms with E-state index in [1.165, 1.54) is 23.6 Å². The Kier molecular flexibility index (Phi) is 5.49. The number of thiazole rings is 1. The number of carbonyl (C=O) groups is 2. The van der Waals surface area contributed by atoms with E-state index in [0.717, 1.165) is 0 Å². The van der Waals surface area contributed by atoms with Gasteiger partial charge in [0.1, 0.15) is 5.56 Å². The molecule has 26 heavy (non-hydrogen) atoms. The topological polar surface area (TPSA) is 117 Å². The quantitative estimate of drug-likeness (QED) is 0.615. The van der Waals surface area contributed by atoms with Crippen LogP contribution in [0.2, 0.25) is 0 Å². The van der Waals surface area contributed by atoms with Gasteiger partial charge in [0.05, 0.1) is 17.6 Å². The van der Waals surface area contributed by atoms with Gasteiger partial charge in [0.25, 0.3) is 11.5 Å². The molecule has 3 rings (SSSR count). The summed E-state index contributed by atoms with van der Waals surface area (Å²) in [4.78, 5) is 46.2. The van der Waals surface area contributed by atoms with E-state index in [4.69, 9.17) is 0 Å². The van der Waals surface area contributed by atoms with Crippen LogP contribution in [0.4, 0.5) is 10.8 Å². The van der Waals surface area contributed by atoms with Crippen LogP contribution in [0.1, 0.15) is 22.5 Å². The first kappa shape index (κ1) is 17.5. The van der Waals surface area contributed by atoms with E-state index in [9.17, 15) is 14.4 Å². The second-order valence-corrected chi connectivity index (χ2v) is 6.16. The highest BCUT2D eigenvalue weighted by Gasteiger charge is 2.12. The smallest absolute Gasteiger partial charge is 0.263 e. The number of H-pyrrole nitrogens is 1. The zero-order valence-electron chi connectivity index (χ0n) is 13.6. The maximum Gasteiger partial charge on any atom is 0.263 e. The first-order valence-corrected chi connectivity index (χ1v) is 8.63. The van der Waals surface area contributed by atoms with Crippen molar-refractivity contribution in [2.45, 2.75) is 12.8 Å². The Morgan fingerprint density at radius 3 is 2.85 bits per heavy atom. The monoisotopic (exact) mass is 369 g/mol. The number of nitrogens with one attached hydrogen (secondary N) is 3. The highest BCUT2D eigenvalue weighted by Crippen LogP contribution is 2.17. The molecule has 132 valence electrons. The second-order valence-electron chi connectivity index (χ2n) is 5.30. The molecule has 3 N–H and O–H groups in total. The Labute approximate surface area is 152 Å². The molecule has 0 saturated heterocycles. The number of carbonyl (C=O) groups excluding carboxylic acids is 2. The molecule has 0 bridgehead atoms. The van der Waals surface area contributed by atoms with Crippen molar-refractivity contribution in [3.8, 4) is 0 Å².